The van der Waals surface area contributed by atoms with Crippen molar-refractivity contribution in [3.8, 4) is 17.2 Å². The second kappa shape index (κ2) is 10.8. The molecule has 2 heterocycles. The molecule has 2 fully saturated rings. The molecule has 2 unspecified atom stereocenters. The summed E-state index contributed by atoms with van der Waals surface area (Å²) in [6.07, 6.45) is 2.46. The van der Waals surface area contributed by atoms with Gasteiger partial charge in [0.2, 0.25) is 11.8 Å². The summed E-state index contributed by atoms with van der Waals surface area (Å²) in [7, 11) is 4.81. The number of methoxy groups -OCH3 is 3. The fraction of sp³-hybridized carbons (Fsp3) is 0.462. The van der Waals surface area contributed by atoms with Crippen LogP contribution in [0.1, 0.15) is 30.9 Å². The molecule has 0 aliphatic carbocycles. The molecule has 0 saturated carbocycles. The summed E-state index contributed by atoms with van der Waals surface area (Å²) in [6, 6.07) is 13.3. The minimum Gasteiger partial charge on any atom is -0.497 e. The normalized spacial score (nSPS) is 19.2. The molecule has 2 aromatic carbocycles. The Hall–Kier alpha value is -3.26. The van der Waals surface area contributed by atoms with E-state index in [1.165, 1.54) is 0 Å². The van der Waals surface area contributed by atoms with Crippen LogP contribution in [0.3, 0.4) is 0 Å². The molecule has 0 aromatic heterocycles. The zero-order valence-electron chi connectivity index (χ0n) is 20.1. The van der Waals surface area contributed by atoms with E-state index in [9.17, 15) is 9.59 Å². The van der Waals surface area contributed by atoms with Gasteiger partial charge in [-0.2, -0.15) is 0 Å². The molecule has 1 N–H and O–H groups in total. The summed E-state index contributed by atoms with van der Waals surface area (Å²) in [4.78, 5) is 30.0. The molecule has 2 amide bonds. The van der Waals surface area contributed by atoms with Crippen LogP contribution in [0.5, 0.6) is 17.2 Å². The third-order valence-electron chi connectivity index (χ3n) is 6.72. The van der Waals surface area contributed by atoms with Gasteiger partial charge < -0.3 is 24.4 Å². The van der Waals surface area contributed by atoms with E-state index in [-0.39, 0.29) is 24.3 Å². The first-order valence-corrected chi connectivity index (χ1v) is 11.7. The third kappa shape index (κ3) is 4.97. The van der Waals surface area contributed by atoms with E-state index in [2.05, 4.69) is 16.3 Å². The Morgan fingerprint density at radius 1 is 1.03 bits per heavy atom. The predicted octanol–water partition coefficient (Wildman–Crippen LogP) is 3.02. The number of benzene rings is 2. The van der Waals surface area contributed by atoms with Gasteiger partial charge in [0.25, 0.3) is 0 Å². The van der Waals surface area contributed by atoms with Crippen molar-refractivity contribution in [3.63, 3.8) is 0 Å². The van der Waals surface area contributed by atoms with Crippen LogP contribution in [0, 0.1) is 5.92 Å². The summed E-state index contributed by atoms with van der Waals surface area (Å²) in [6.45, 7) is 2.75. The molecule has 2 aliphatic rings. The van der Waals surface area contributed by atoms with E-state index < -0.39 is 5.92 Å². The van der Waals surface area contributed by atoms with Crippen molar-refractivity contribution in [1.82, 2.24) is 10.2 Å². The fourth-order valence-corrected chi connectivity index (χ4v) is 4.90. The number of amides is 2. The van der Waals surface area contributed by atoms with Crippen molar-refractivity contribution < 1.29 is 23.8 Å². The molecule has 0 spiro atoms. The van der Waals surface area contributed by atoms with Gasteiger partial charge in [-0.1, -0.05) is 18.2 Å². The Morgan fingerprint density at radius 2 is 1.76 bits per heavy atom. The van der Waals surface area contributed by atoms with Gasteiger partial charge in [0.05, 0.1) is 39.0 Å². The van der Waals surface area contributed by atoms with E-state index >= 15 is 0 Å². The van der Waals surface area contributed by atoms with Gasteiger partial charge in [0.1, 0.15) is 17.2 Å². The van der Waals surface area contributed by atoms with E-state index in [4.69, 9.17) is 14.2 Å². The van der Waals surface area contributed by atoms with Gasteiger partial charge in [-0.15, -0.1) is 0 Å². The van der Waals surface area contributed by atoms with Crippen molar-refractivity contribution in [3.05, 3.63) is 48.0 Å². The summed E-state index contributed by atoms with van der Waals surface area (Å²) < 4.78 is 16.3. The first kappa shape index (κ1) is 23.9. The fourth-order valence-electron chi connectivity index (χ4n) is 4.90. The van der Waals surface area contributed by atoms with Crippen molar-refractivity contribution in [2.75, 3.05) is 52.4 Å². The Bertz CT molecular complexity index is 1020. The van der Waals surface area contributed by atoms with Gasteiger partial charge in [-0.25, -0.2) is 0 Å². The molecule has 8 nitrogen and oxygen atoms in total. The van der Waals surface area contributed by atoms with Crippen LogP contribution in [0.15, 0.2) is 42.5 Å². The zero-order chi connectivity index (χ0) is 24.1. The van der Waals surface area contributed by atoms with Gasteiger partial charge in [0, 0.05) is 31.1 Å². The Balaban J connectivity index is 1.47. The molecule has 0 bridgehead atoms. The number of anilines is 1. The number of likely N-dealkylation sites (tertiary alicyclic amines) is 1. The number of nitrogens with one attached hydrogen (secondary N) is 1. The highest BCUT2D eigenvalue weighted by Gasteiger charge is 2.37. The minimum atomic E-state index is -0.430. The lowest BCUT2D eigenvalue weighted by Crippen LogP contribution is -2.40. The molecule has 8 heteroatoms. The van der Waals surface area contributed by atoms with Crippen LogP contribution in [0.2, 0.25) is 0 Å². The van der Waals surface area contributed by atoms with E-state index in [0.29, 0.717) is 30.3 Å². The predicted molar refractivity (Wildman–Crippen MR) is 130 cm³/mol. The number of carbonyl (C=O) groups excluding carboxylic acids is 2. The summed E-state index contributed by atoms with van der Waals surface area (Å²) in [5.41, 5.74) is 1.68. The van der Waals surface area contributed by atoms with Crippen molar-refractivity contribution in [1.29, 1.82) is 0 Å². The first-order valence-electron chi connectivity index (χ1n) is 11.7. The molecule has 2 saturated heterocycles. The highest BCUT2D eigenvalue weighted by Crippen LogP contribution is 2.36. The standard InChI is InChI=1S/C26H33N3O5/c1-32-19-10-11-24(34-3)21(15-19)29-17-18(14-25(29)30)26(31)27-16-22(28-12-6-7-13-28)20-8-4-5-9-23(20)33-2/h4-5,8-11,15,18,22H,6-7,12-14,16-17H2,1-3H3,(H,27,31). The first-order chi connectivity index (χ1) is 16.5. The highest BCUT2D eigenvalue weighted by atomic mass is 16.5. The lowest BCUT2D eigenvalue weighted by atomic mass is 10.0. The number of carbonyl (C=O) groups is 2. The summed E-state index contributed by atoms with van der Waals surface area (Å²) in [5, 5.41) is 3.12. The zero-order valence-corrected chi connectivity index (χ0v) is 20.1. The molecule has 0 radical (unpaired) electrons. The monoisotopic (exact) mass is 467 g/mol. The van der Waals surface area contributed by atoms with Crippen molar-refractivity contribution in [2.45, 2.75) is 25.3 Å². The SMILES string of the molecule is COc1ccc(OC)c(N2CC(C(=O)NCC(c3ccccc3OC)N3CCCC3)CC2=O)c1. The largest absolute Gasteiger partial charge is 0.497 e. The molecule has 34 heavy (non-hydrogen) atoms. The van der Waals surface area contributed by atoms with Crippen LogP contribution < -0.4 is 24.4 Å². The molecular formula is C26H33N3O5. The molecule has 4 rings (SSSR count). The number of rotatable bonds is 9. The average molecular weight is 468 g/mol. The maximum atomic E-state index is 13.2. The quantitative estimate of drug-likeness (QED) is 0.611. The smallest absolute Gasteiger partial charge is 0.227 e. The number of hydrogen-bond donors (Lipinski definition) is 1. The number of ether oxygens (including phenoxy) is 3. The minimum absolute atomic E-state index is 0.0225. The number of nitrogens with zero attached hydrogens (tertiary/aromatic N) is 2. The molecule has 182 valence electrons. The maximum absolute atomic E-state index is 13.2. The van der Waals surface area contributed by atoms with Gasteiger partial charge >= 0.3 is 0 Å². The maximum Gasteiger partial charge on any atom is 0.227 e. The van der Waals surface area contributed by atoms with Crippen LogP contribution >= 0.6 is 0 Å². The molecule has 2 aliphatic heterocycles. The van der Waals surface area contributed by atoms with Gasteiger partial charge in [-0.05, 0) is 44.1 Å². The Kier molecular flexibility index (Phi) is 7.57. The second-order valence-electron chi connectivity index (χ2n) is 8.69. The van der Waals surface area contributed by atoms with Crippen LogP contribution in [0.4, 0.5) is 5.69 Å². The van der Waals surface area contributed by atoms with Crippen LogP contribution in [-0.2, 0) is 9.59 Å². The van der Waals surface area contributed by atoms with E-state index in [1.807, 2.05) is 18.2 Å². The van der Waals surface area contributed by atoms with Gasteiger partial charge in [-0.3, -0.25) is 14.5 Å². The number of hydrogen-bond acceptors (Lipinski definition) is 6. The molecular weight excluding hydrogens is 434 g/mol. The summed E-state index contributed by atoms with van der Waals surface area (Å²) in [5.74, 6) is 1.37. The third-order valence-corrected chi connectivity index (χ3v) is 6.72. The topological polar surface area (TPSA) is 80.3 Å². The second-order valence-corrected chi connectivity index (χ2v) is 8.69. The lowest BCUT2D eigenvalue weighted by molar-refractivity contribution is -0.126. The molecule has 2 atom stereocenters. The van der Waals surface area contributed by atoms with Gasteiger partial charge in [0.15, 0.2) is 0 Å². The van der Waals surface area contributed by atoms with Crippen LogP contribution in [0.25, 0.3) is 0 Å². The lowest BCUT2D eigenvalue weighted by Gasteiger charge is -2.29. The number of para-hydroxylation sites is 1. The molecule has 2 aromatic rings. The van der Waals surface area contributed by atoms with Crippen molar-refractivity contribution in [2.24, 2.45) is 5.92 Å². The van der Waals surface area contributed by atoms with Crippen LogP contribution in [-0.4, -0.2) is 64.2 Å². The summed E-state index contributed by atoms with van der Waals surface area (Å²) >= 11 is 0. The Morgan fingerprint density at radius 3 is 2.47 bits per heavy atom. The Labute approximate surface area is 200 Å². The average Bonchev–Trinajstić information content (AvgIpc) is 3.54. The van der Waals surface area contributed by atoms with E-state index in [1.54, 1.807) is 44.4 Å². The highest BCUT2D eigenvalue weighted by molar-refractivity contribution is 6.01. The van der Waals surface area contributed by atoms with Crippen molar-refractivity contribution >= 4 is 17.5 Å². The van der Waals surface area contributed by atoms with E-state index in [0.717, 1.165) is 37.2 Å².